The van der Waals surface area contributed by atoms with Crippen LogP contribution in [0.4, 0.5) is 5.82 Å². The van der Waals surface area contributed by atoms with Gasteiger partial charge in [-0.3, -0.25) is 14.5 Å². The molecule has 7 nitrogen and oxygen atoms in total. The van der Waals surface area contributed by atoms with Gasteiger partial charge in [-0.05, 0) is 55.9 Å². The van der Waals surface area contributed by atoms with Gasteiger partial charge in [-0.1, -0.05) is 11.2 Å². The normalized spacial score (nSPS) is 17.2. The molecule has 1 aliphatic heterocycles. The lowest BCUT2D eigenvalue weighted by molar-refractivity contribution is -0.117. The molecule has 148 valence electrons. The third kappa shape index (κ3) is 4.25. The monoisotopic (exact) mass is 382 g/mol. The lowest BCUT2D eigenvalue weighted by Crippen LogP contribution is -2.50. The predicted molar refractivity (Wildman–Crippen MR) is 105 cm³/mol. The summed E-state index contributed by atoms with van der Waals surface area (Å²) >= 11 is 0. The van der Waals surface area contributed by atoms with Crippen LogP contribution in [-0.4, -0.2) is 59.5 Å². The number of amides is 2. The van der Waals surface area contributed by atoms with Crippen LogP contribution < -0.4 is 5.32 Å². The van der Waals surface area contributed by atoms with Gasteiger partial charge in [0.1, 0.15) is 5.76 Å². The van der Waals surface area contributed by atoms with E-state index in [0.717, 1.165) is 18.4 Å². The van der Waals surface area contributed by atoms with Crippen LogP contribution in [0.2, 0.25) is 0 Å². The van der Waals surface area contributed by atoms with Crippen LogP contribution in [0.1, 0.15) is 40.1 Å². The molecule has 0 atom stereocenters. The standard InChI is InChI=1S/C21H26N4O3/c1-15-12-19(23-28-15)22-20(26)14-24-8-10-25(11-9-24)21(27)18-7-6-16-4-2-3-5-17(16)13-18/h6-7,12-13H,2-5,8-11,14H2,1H3,(H,22,23,26). The van der Waals surface area contributed by atoms with Crippen molar-refractivity contribution < 1.29 is 14.1 Å². The summed E-state index contributed by atoms with van der Waals surface area (Å²) in [6, 6.07) is 7.85. The van der Waals surface area contributed by atoms with Gasteiger partial charge in [0.15, 0.2) is 5.82 Å². The number of carbonyl (C=O) groups is 2. The van der Waals surface area contributed by atoms with Crippen molar-refractivity contribution >= 4 is 17.6 Å². The number of hydrogen-bond acceptors (Lipinski definition) is 5. The molecule has 2 aromatic rings. The molecule has 0 radical (unpaired) electrons. The first-order valence-corrected chi connectivity index (χ1v) is 9.95. The molecule has 1 fully saturated rings. The number of hydrogen-bond donors (Lipinski definition) is 1. The molecule has 0 saturated carbocycles. The maximum atomic E-state index is 12.9. The second-order valence-electron chi connectivity index (χ2n) is 7.63. The summed E-state index contributed by atoms with van der Waals surface area (Å²) in [6.45, 7) is 4.69. The zero-order chi connectivity index (χ0) is 19.5. The lowest BCUT2D eigenvalue weighted by atomic mass is 9.90. The Kier molecular flexibility index (Phi) is 5.43. The van der Waals surface area contributed by atoms with Gasteiger partial charge in [0.05, 0.1) is 6.54 Å². The van der Waals surface area contributed by atoms with Crippen molar-refractivity contribution in [2.24, 2.45) is 0 Å². The number of fused-ring (bicyclic) bond motifs is 1. The summed E-state index contributed by atoms with van der Waals surface area (Å²) in [4.78, 5) is 29.0. The fraction of sp³-hybridized carbons (Fsp3) is 0.476. The molecule has 0 bridgehead atoms. The van der Waals surface area contributed by atoms with Crippen LogP contribution in [0.5, 0.6) is 0 Å². The highest BCUT2D eigenvalue weighted by Crippen LogP contribution is 2.23. The molecule has 4 rings (SSSR count). The van der Waals surface area contributed by atoms with E-state index in [1.54, 1.807) is 13.0 Å². The Morgan fingerprint density at radius 2 is 1.82 bits per heavy atom. The number of anilines is 1. The SMILES string of the molecule is Cc1cc(NC(=O)CN2CCN(C(=O)c3ccc4c(c3)CCCC4)CC2)no1. The number of benzene rings is 1. The van der Waals surface area contributed by atoms with E-state index in [0.29, 0.717) is 37.8 Å². The Morgan fingerprint density at radius 3 is 2.54 bits per heavy atom. The first-order valence-electron chi connectivity index (χ1n) is 9.95. The first kappa shape index (κ1) is 18.7. The number of piperazine rings is 1. The molecule has 1 aromatic heterocycles. The zero-order valence-corrected chi connectivity index (χ0v) is 16.2. The minimum absolute atomic E-state index is 0.0931. The van der Waals surface area contributed by atoms with E-state index in [4.69, 9.17) is 4.52 Å². The molecular formula is C21H26N4O3. The molecule has 2 heterocycles. The molecule has 1 N–H and O–H groups in total. The van der Waals surface area contributed by atoms with Gasteiger partial charge in [0, 0.05) is 37.8 Å². The summed E-state index contributed by atoms with van der Waals surface area (Å²) in [7, 11) is 0. The van der Waals surface area contributed by atoms with Crippen LogP contribution in [-0.2, 0) is 17.6 Å². The van der Waals surface area contributed by atoms with Crippen molar-refractivity contribution in [3.63, 3.8) is 0 Å². The maximum absolute atomic E-state index is 12.9. The van der Waals surface area contributed by atoms with Crippen molar-refractivity contribution in [3.8, 4) is 0 Å². The average molecular weight is 382 g/mol. The number of nitrogens with one attached hydrogen (secondary N) is 1. The summed E-state index contributed by atoms with van der Waals surface area (Å²) in [6.07, 6.45) is 4.65. The first-order chi connectivity index (χ1) is 13.6. The Hall–Kier alpha value is -2.67. The molecule has 0 unspecified atom stereocenters. The Bertz CT molecular complexity index is 868. The van der Waals surface area contributed by atoms with E-state index in [2.05, 4.69) is 27.5 Å². The third-order valence-electron chi connectivity index (χ3n) is 5.52. The smallest absolute Gasteiger partial charge is 0.253 e. The van der Waals surface area contributed by atoms with E-state index in [1.807, 2.05) is 11.0 Å². The molecule has 7 heteroatoms. The molecule has 2 aliphatic rings. The van der Waals surface area contributed by atoms with Crippen LogP contribution >= 0.6 is 0 Å². The van der Waals surface area contributed by atoms with Gasteiger partial charge in [0.25, 0.3) is 5.91 Å². The third-order valence-corrected chi connectivity index (χ3v) is 5.52. The highest BCUT2D eigenvalue weighted by molar-refractivity contribution is 5.94. The summed E-state index contributed by atoms with van der Waals surface area (Å²) in [5, 5.41) is 6.50. The molecule has 1 aliphatic carbocycles. The lowest BCUT2D eigenvalue weighted by Gasteiger charge is -2.34. The van der Waals surface area contributed by atoms with E-state index < -0.39 is 0 Å². The highest BCUT2D eigenvalue weighted by Gasteiger charge is 2.24. The second-order valence-corrected chi connectivity index (χ2v) is 7.63. The summed E-state index contributed by atoms with van der Waals surface area (Å²) < 4.78 is 4.95. The van der Waals surface area contributed by atoms with Crippen molar-refractivity contribution in [2.45, 2.75) is 32.6 Å². The number of carbonyl (C=O) groups excluding carboxylic acids is 2. The van der Waals surface area contributed by atoms with Crippen molar-refractivity contribution in [1.29, 1.82) is 0 Å². The Balaban J connectivity index is 1.29. The summed E-state index contributed by atoms with van der Waals surface area (Å²) in [5.74, 6) is 1.06. The number of rotatable bonds is 4. The van der Waals surface area contributed by atoms with E-state index in [9.17, 15) is 9.59 Å². The van der Waals surface area contributed by atoms with Crippen molar-refractivity contribution in [1.82, 2.24) is 15.0 Å². The minimum atomic E-state index is -0.122. The molecule has 28 heavy (non-hydrogen) atoms. The maximum Gasteiger partial charge on any atom is 0.253 e. The Morgan fingerprint density at radius 1 is 1.07 bits per heavy atom. The minimum Gasteiger partial charge on any atom is -0.360 e. The Labute approximate surface area is 164 Å². The van der Waals surface area contributed by atoms with Crippen LogP contribution in [0, 0.1) is 6.92 Å². The fourth-order valence-corrected chi connectivity index (χ4v) is 3.97. The van der Waals surface area contributed by atoms with Crippen LogP contribution in [0.15, 0.2) is 28.8 Å². The fourth-order valence-electron chi connectivity index (χ4n) is 3.97. The van der Waals surface area contributed by atoms with Crippen LogP contribution in [0.3, 0.4) is 0 Å². The predicted octanol–water partition coefficient (Wildman–Crippen LogP) is 2.26. The van der Waals surface area contributed by atoms with Gasteiger partial charge in [-0.25, -0.2) is 0 Å². The second kappa shape index (κ2) is 8.14. The average Bonchev–Trinajstić information content (AvgIpc) is 3.12. The van der Waals surface area contributed by atoms with E-state index >= 15 is 0 Å². The molecular weight excluding hydrogens is 356 g/mol. The van der Waals surface area contributed by atoms with Crippen molar-refractivity contribution in [2.75, 3.05) is 38.0 Å². The number of aromatic nitrogens is 1. The van der Waals surface area contributed by atoms with Gasteiger partial charge in [-0.15, -0.1) is 0 Å². The molecule has 1 aromatic carbocycles. The van der Waals surface area contributed by atoms with Gasteiger partial charge >= 0.3 is 0 Å². The quantitative estimate of drug-likeness (QED) is 0.878. The van der Waals surface area contributed by atoms with Crippen molar-refractivity contribution in [3.05, 3.63) is 46.7 Å². The van der Waals surface area contributed by atoms with Gasteiger partial charge in [-0.2, -0.15) is 0 Å². The number of aryl methyl sites for hydroxylation is 3. The largest absolute Gasteiger partial charge is 0.360 e. The van der Waals surface area contributed by atoms with Crippen LogP contribution in [0.25, 0.3) is 0 Å². The molecule has 2 amide bonds. The van der Waals surface area contributed by atoms with E-state index in [1.165, 1.54) is 24.0 Å². The number of nitrogens with zero attached hydrogens (tertiary/aromatic N) is 3. The topological polar surface area (TPSA) is 78.7 Å². The van der Waals surface area contributed by atoms with Gasteiger partial charge in [0.2, 0.25) is 5.91 Å². The highest BCUT2D eigenvalue weighted by atomic mass is 16.5. The van der Waals surface area contributed by atoms with E-state index in [-0.39, 0.29) is 18.4 Å². The molecule has 0 spiro atoms. The van der Waals surface area contributed by atoms with Gasteiger partial charge < -0.3 is 14.7 Å². The zero-order valence-electron chi connectivity index (χ0n) is 16.2. The molecule has 1 saturated heterocycles. The summed E-state index contributed by atoms with van der Waals surface area (Å²) in [5.41, 5.74) is 3.50.